The summed E-state index contributed by atoms with van der Waals surface area (Å²) >= 11 is 0. The quantitative estimate of drug-likeness (QED) is 0.661. The molecule has 0 saturated carbocycles. The van der Waals surface area contributed by atoms with E-state index in [9.17, 15) is 9.90 Å². The van der Waals surface area contributed by atoms with Crippen LogP contribution in [0.25, 0.3) is 0 Å². The number of ether oxygens (including phenoxy) is 1. The molecule has 1 N–H and O–H groups in total. The Morgan fingerprint density at radius 2 is 1.70 bits per heavy atom. The van der Waals surface area contributed by atoms with Crippen LogP contribution in [-0.2, 0) is 9.53 Å². The number of benzene rings is 1. The van der Waals surface area contributed by atoms with Gasteiger partial charge in [-0.3, -0.25) is 0 Å². The monoisotopic (exact) mass is 374 g/mol. The predicted octanol–water partition coefficient (Wildman–Crippen LogP) is 4.06. The summed E-state index contributed by atoms with van der Waals surface area (Å²) in [6.07, 6.45) is 3.23. The van der Waals surface area contributed by atoms with Crippen LogP contribution in [0, 0.1) is 0 Å². The molecule has 0 amide bonds. The minimum atomic E-state index is -0.744. The van der Waals surface area contributed by atoms with E-state index in [1.165, 1.54) is 0 Å². The molecule has 150 valence electrons. The first-order chi connectivity index (χ1) is 13.1. The van der Waals surface area contributed by atoms with Crippen molar-refractivity contribution in [2.24, 2.45) is 0 Å². The molecule has 0 aromatic heterocycles. The molecule has 0 aliphatic carbocycles. The van der Waals surface area contributed by atoms with Crippen LogP contribution in [0.4, 0.5) is 0 Å². The van der Waals surface area contributed by atoms with Crippen LogP contribution in [0.15, 0.2) is 41.6 Å². The van der Waals surface area contributed by atoms with Gasteiger partial charge in [0.1, 0.15) is 0 Å². The van der Waals surface area contributed by atoms with Gasteiger partial charge in [-0.25, -0.2) is 9.69 Å². The normalized spacial score (nSPS) is 20.9. The van der Waals surface area contributed by atoms with Gasteiger partial charge in [-0.1, -0.05) is 57.0 Å². The number of aliphatic hydroxyl groups is 1. The van der Waals surface area contributed by atoms with Crippen molar-refractivity contribution in [2.45, 2.75) is 65.8 Å². The first kappa shape index (κ1) is 21.5. The number of allylic oxidation sites excluding steroid dienone is 1. The summed E-state index contributed by atoms with van der Waals surface area (Å²) in [7, 11) is 0. The Kier molecular flexibility index (Phi) is 8.32. The minimum absolute atomic E-state index is 0.293. The Bertz CT molecular complexity index is 630. The number of hydrogen-bond donors (Lipinski definition) is 1. The lowest BCUT2D eigenvalue weighted by molar-refractivity contribution is -0.148. The molecule has 1 aromatic carbocycles. The van der Waals surface area contributed by atoms with Crippen molar-refractivity contribution in [3.8, 4) is 0 Å². The Labute approximate surface area is 163 Å². The van der Waals surface area contributed by atoms with Gasteiger partial charge in [0.15, 0.2) is 6.35 Å². The van der Waals surface area contributed by atoms with Gasteiger partial charge in [0, 0.05) is 18.8 Å². The van der Waals surface area contributed by atoms with Gasteiger partial charge < -0.3 is 14.7 Å². The molecular formula is C22H34N2O3. The average Bonchev–Trinajstić information content (AvgIpc) is 2.67. The van der Waals surface area contributed by atoms with E-state index in [0.29, 0.717) is 12.2 Å². The average molecular weight is 375 g/mol. The van der Waals surface area contributed by atoms with Crippen LogP contribution in [0.5, 0.6) is 0 Å². The molecule has 0 bridgehead atoms. The van der Waals surface area contributed by atoms with Crippen LogP contribution >= 0.6 is 0 Å². The van der Waals surface area contributed by atoms with Crippen molar-refractivity contribution >= 4 is 5.97 Å². The fraction of sp³-hybridized carbons (Fsp3) is 0.591. The molecule has 27 heavy (non-hydrogen) atoms. The van der Waals surface area contributed by atoms with E-state index in [-0.39, 0.29) is 12.0 Å². The minimum Gasteiger partial charge on any atom is -0.463 e. The topological polar surface area (TPSA) is 53.0 Å². The summed E-state index contributed by atoms with van der Waals surface area (Å²) in [4.78, 5) is 16.9. The largest absolute Gasteiger partial charge is 0.463 e. The maximum atomic E-state index is 12.9. The fourth-order valence-corrected chi connectivity index (χ4v) is 3.66. The lowest BCUT2D eigenvalue weighted by Crippen LogP contribution is -2.55. The second-order valence-corrected chi connectivity index (χ2v) is 7.02. The zero-order valence-electron chi connectivity index (χ0n) is 17.1. The number of unbranched alkanes of at least 4 members (excludes halogenated alkanes) is 2. The smallest absolute Gasteiger partial charge is 0.337 e. The van der Waals surface area contributed by atoms with Crippen LogP contribution in [0.2, 0.25) is 0 Å². The third kappa shape index (κ3) is 4.90. The molecule has 1 heterocycles. The van der Waals surface area contributed by atoms with Gasteiger partial charge in [-0.2, -0.15) is 0 Å². The summed E-state index contributed by atoms with van der Waals surface area (Å²) in [6.45, 7) is 9.79. The number of hydrogen-bond acceptors (Lipinski definition) is 5. The van der Waals surface area contributed by atoms with Gasteiger partial charge in [0.2, 0.25) is 0 Å². The maximum absolute atomic E-state index is 12.9. The van der Waals surface area contributed by atoms with Crippen molar-refractivity contribution in [1.29, 1.82) is 0 Å². The SMILES string of the molecule is CCCCN1C(C)=C(C(=O)OCC)C(c2ccccc2)N(CCCC)C1O. The molecule has 1 aromatic rings. The lowest BCUT2D eigenvalue weighted by atomic mass is 9.92. The van der Waals surface area contributed by atoms with E-state index in [1.54, 1.807) is 0 Å². The second-order valence-electron chi connectivity index (χ2n) is 7.02. The molecule has 1 aliphatic heterocycles. The predicted molar refractivity (Wildman–Crippen MR) is 108 cm³/mol. The number of carbonyl (C=O) groups is 1. The molecule has 1 aliphatic rings. The molecule has 5 nitrogen and oxygen atoms in total. The zero-order chi connectivity index (χ0) is 19.8. The van der Waals surface area contributed by atoms with Crippen molar-refractivity contribution in [3.63, 3.8) is 0 Å². The summed E-state index contributed by atoms with van der Waals surface area (Å²) in [5.74, 6) is -0.293. The van der Waals surface area contributed by atoms with E-state index in [0.717, 1.165) is 50.0 Å². The first-order valence-electron chi connectivity index (χ1n) is 10.2. The number of esters is 1. The molecule has 0 fully saturated rings. The van der Waals surface area contributed by atoms with Gasteiger partial charge in [-0.15, -0.1) is 0 Å². The summed E-state index contributed by atoms with van der Waals surface area (Å²) in [6, 6.07) is 9.65. The summed E-state index contributed by atoms with van der Waals surface area (Å²) in [5, 5.41) is 11.2. The molecule has 2 atom stereocenters. The maximum Gasteiger partial charge on any atom is 0.337 e. The molecular weight excluding hydrogens is 340 g/mol. The number of carbonyl (C=O) groups excluding carboxylic acids is 1. The van der Waals surface area contributed by atoms with Gasteiger partial charge in [-0.05, 0) is 32.3 Å². The van der Waals surface area contributed by atoms with E-state index in [2.05, 4.69) is 13.8 Å². The summed E-state index contributed by atoms with van der Waals surface area (Å²) < 4.78 is 5.41. The Hall–Kier alpha value is -1.85. The molecule has 0 spiro atoms. The van der Waals surface area contributed by atoms with Gasteiger partial charge in [0.05, 0.1) is 18.2 Å². The van der Waals surface area contributed by atoms with Crippen LogP contribution < -0.4 is 0 Å². The Morgan fingerprint density at radius 1 is 1.07 bits per heavy atom. The fourth-order valence-electron chi connectivity index (χ4n) is 3.66. The number of nitrogens with zero attached hydrogens (tertiary/aromatic N) is 2. The van der Waals surface area contributed by atoms with Crippen molar-refractivity contribution in [3.05, 3.63) is 47.2 Å². The molecule has 0 radical (unpaired) electrons. The highest BCUT2D eigenvalue weighted by Gasteiger charge is 2.41. The van der Waals surface area contributed by atoms with Crippen LogP contribution in [-0.4, -0.2) is 46.9 Å². The second kappa shape index (κ2) is 10.5. The zero-order valence-corrected chi connectivity index (χ0v) is 17.1. The number of aliphatic hydroxyl groups excluding tert-OH is 1. The van der Waals surface area contributed by atoms with Crippen molar-refractivity contribution < 1.29 is 14.6 Å². The molecule has 5 heteroatoms. The van der Waals surface area contributed by atoms with E-state index >= 15 is 0 Å². The lowest BCUT2D eigenvalue weighted by Gasteiger charge is -2.47. The summed E-state index contributed by atoms with van der Waals surface area (Å²) in [5.41, 5.74) is 2.46. The van der Waals surface area contributed by atoms with Crippen molar-refractivity contribution in [1.82, 2.24) is 9.80 Å². The van der Waals surface area contributed by atoms with Gasteiger partial charge >= 0.3 is 5.97 Å². The third-order valence-electron chi connectivity index (χ3n) is 5.13. The molecule has 0 saturated heterocycles. The highest BCUT2D eigenvalue weighted by Crippen LogP contribution is 2.39. The Morgan fingerprint density at radius 3 is 2.30 bits per heavy atom. The standard InChI is InChI=1S/C22H34N2O3/c1-5-8-15-23-17(4)19(21(25)27-7-3)20(18-13-11-10-12-14-18)24(22(23)26)16-9-6-2/h10-14,20,22,26H,5-9,15-16H2,1-4H3. The molecule has 2 rings (SSSR count). The highest BCUT2D eigenvalue weighted by atomic mass is 16.5. The van der Waals surface area contributed by atoms with E-state index < -0.39 is 6.35 Å². The first-order valence-corrected chi connectivity index (χ1v) is 10.2. The van der Waals surface area contributed by atoms with Crippen LogP contribution in [0.1, 0.15) is 65.0 Å². The van der Waals surface area contributed by atoms with E-state index in [4.69, 9.17) is 4.74 Å². The Balaban J connectivity index is 2.56. The third-order valence-corrected chi connectivity index (χ3v) is 5.13. The van der Waals surface area contributed by atoms with Crippen molar-refractivity contribution in [2.75, 3.05) is 19.7 Å². The highest BCUT2D eigenvalue weighted by molar-refractivity contribution is 5.91. The number of rotatable bonds is 9. The van der Waals surface area contributed by atoms with E-state index in [1.807, 2.05) is 54.0 Å². The molecule has 2 unspecified atom stereocenters. The van der Waals surface area contributed by atoms with Crippen LogP contribution in [0.3, 0.4) is 0 Å². The van der Waals surface area contributed by atoms with Gasteiger partial charge in [0.25, 0.3) is 0 Å².